The summed E-state index contributed by atoms with van der Waals surface area (Å²) in [5.41, 5.74) is 3.96. The summed E-state index contributed by atoms with van der Waals surface area (Å²) in [5, 5.41) is 10.5. The molecule has 1 N–H and O–H groups in total. The predicted molar refractivity (Wildman–Crippen MR) is 114 cm³/mol. The minimum absolute atomic E-state index is 0.172. The number of rotatable bonds is 6. The van der Waals surface area contributed by atoms with Crippen molar-refractivity contribution in [2.24, 2.45) is 11.8 Å². The Morgan fingerprint density at radius 3 is 2.32 bits per heavy atom. The van der Waals surface area contributed by atoms with Gasteiger partial charge in [-0.2, -0.15) is 0 Å². The van der Waals surface area contributed by atoms with Gasteiger partial charge in [-0.1, -0.05) is 50.2 Å². The summed E-state index contributed by atoms with van der Waals surface area (Å²) in [6, 6.07) is 17.9. The fourth-order valence-electron chi connectivity index (χ4n) is 5.47. The molecular formula is C25H33NO2. The summed E-state index contributed by atoms with van der Waals surface area (Å²) in [4.78, 5) is 2.63. The van der Waals surface area contributed by atoms with Gasteiger partial charge >= 0.3 is 0 Å². The van der Waals surface area contributed by atoms with Gasteiger partial charge in [0.05, 0.1) is 13.7 Å². The predicted octanol–water partition coefficient (Wildman–Crippen LogP) is 4.98. The molecule has 0 saturated carbocycles. The van der Waals surface area contributed by atoms with Gasteiger partial charge in [-0.25, -0.2) is 0 Å². The molecule has 2 bridgehead atoms. The molecule has 3 aliphatic heterocycles. The van der Waals surface area contributed by atoms with Gasteiger partial charge in [-0.3, -0.25) is 4.90 Å². The zero-order valence-corrected chi connectivity index (χ0v) is 17.3. The number of piperidine rings is 3. The van der Waals surface area contributed by atoms with Crippen LogP contribution in [0.4, 0.5) is 0 Å². The lowest BCUT2D eigenvalue weighted by Crippen LogP contribution is -2.51. The average molecular weight is 380 g/mol. The molecule has 5 rings (SSSR count). The molecule has 3 saturated heterocycles. The monoisotopic (exact) mass is 379 g/mol. The highest BCUT2D eigenvalue weighted by Crippen LogP contribution is 2.51. The van der Waals surface area contributed by atoms with Crippen molar-refractivity contribution in [3.8, 4) is 5.75 Å². The van der Waals surface area contributed by atoms with Crippen molar-refractivity contribution < 1.29 is 9.84 Å². The van der Waals surface area contributed by atoms with E-state index >= 15 is 0 Å². The Morgan fingerprint density at radius 1 is 1.04 bits per heavy atom. The quantitative estimate of drug-likeness (QED) is 0.768. The van der Waals surface area contributed by atoms with Crippen LogP contribution in [0.5, 0.6) is 5.75 Å². The lowest BCUT2D eigenvalue weighted by atomic mass is 9.65. The number of ether oxygens (including phenoxy) is 1. The molecule has 150 valence electrons. The van der Waals surface area contributed by atoms with Crippen molar-refractivity contribution in [3.05, 3.63) is 65.2 Å². The second kappa shape index (κ2) is 8.26. The van der Waals surface area contributed by atoms with E-state index in [1.165, 1.54) is 29.5 Å². The third-order valence-corrected chi connectivity index (χ3v) is 7.00. The second-order valence-electron chi connectivity index (χ2n) is 8.78. The molecule has 2 aromatic rings. The molecule has 0 aromatic heterocycles. The van der Waals surface area contributed by atoms with Crippen LogP contribution in [-0.2, 0) is 0 Å². The van der Waals surface area contributed by atoms with Gasteiger partial charge < -0.3 is 9.84 Å². The number of aliphatic hydroxyl groups is 1. The molecular weight excluding hydrogens is 346 g/mol. The highest BCUT2D eigenvalue weighted by molar-refractivity contribution is 5.34. The topological polar surface area (TPSA) is 32.7 Å². The van der Waals surface area contributed by atoms with Crippen molar-refractivity contribution in [1.29, 1.82) is 0 Å². The minimum atomic E-state index is 0.172. The number of fused-ring (bicyclic) bond motifs is 3. The van der Waals surface area contributed by atoms with Gasteiger partial charge in [0, 0.05) is 12.0 Å². The molecule has 3 fully saturated rings. The Hall–Kier alpha value is -1.84. The fourth-order valence-corrected chi connectivity index (χ4v) is 5.47. The van der Waals surface area contributed by atoms with E-state index in [1.54, 1.807) is 7.11 Å². The van der Waals surface area contributed by atoms with Crippen LogP contribution < -0.4 is 4.74 Å². The number of methoxy groups -OCH3 is 1. The van der Waals surface area contributed by atoms with E-state index in [9.17, 15) is 5.11 Å². The normalized spacial score (nSPS) is 27.8. The van der Waals surface area contributed by atoms with Crippen LogP contribution in [-0.4, -0.2) is 36.8 Å². The van der Waals surface area contributed by atoms with Gasteiger partial charge in [0.25, 0.3) is 0 Å². The van der Waals surface area contributed by atoms with E-state index in [0.29, 0.717) is 23.8 Å². The lowest BCUT2D eigenvalue weighted by molar-refractivity contribution is -0.0328. The van der Waals surface area contributed by atoms with Crippen LogP contribution in [0.15, 0.2) is 48.5 Å². The number of benzene rings is 2. The van der Waals surface area contributed by atoms with Gasteiger partial charge in [-0.05, 0) is 72.5 Å². The molecule has 2 aromatic carbocycles. The molecule has 0 aliphatic carbocycles. The first-order valence-corrected chi connectivity index (χ1v) is 10.7. The van der Waals surface area contributed by atoms with Crippen LogP contribution in [0.1, 0.15) is 61.3 Å². The van der Waals surface area contributed by atoms with Crippen molar-refractivity contribution in [2.75, 3.05) is 26.8 Å². The van der Waals surface area contributed by atoms with Crippen LogP contribution in [0.25, 0.3) is 0 Å². The maximum Gasteiger partial charge on any atom is 0.119 e. The minimum Gasteiger partial charge on any atom is -0.497 e. The van der Waals surface area contributed by atoms with Crippen molar-refractivity contribution in [2.45, 2.75) is 44.6 Å². The Balaban J connectivity index is 1.70. The molecule has 3 heteroatoms. The zero-order chi connectivity index (χ0) is 19.7. The smallest absolute Gasteiger partial charge is 0.119 e. The molecule has 3 aliphatic rings. The maximum absolute atomic E-state index is 10.5. The van der Waals surface area contributed by atoms with E-state index in [1.807, 2.05) is 6.07 Å². The van der Waals surface area contributed by atoms with Crippen LogP contribution >= 0.6 is 0 Å². The molecule has 3 nitrogen and oxygen atoms in total. The summed E-state index contributed by atoms with van der Waals surface area (Å²) in [6.07, 6.45) is 2.48. The highest BCUT2D eigenvalue weighted by atomic mass is 16.5. The van der Waals surface area contributed by atoms with E-state index in [0.717, 1.165) is 18.8 Å². The summed E-state index contributed by atoms with van der Waals surface area (Å²) >= 11 is 0. The molecule has 0 radical (unpaired) electrons. The van der Waals surface area contributed by atoms with E-state index in [2.05, 4.69) is 61.2 Å². The van der Waals surface area contributed by atoms with Gasteiger partial charge in [-0.15, -0.1) is 0 Å². The molecule has 0 spiro atoms. The largest absolute Gasteiger partial charge is 0.497 e. The second-order valence-corrected chi connectivity index (χ2v) is 8.78. The first kappa shape index (κ1) is 19.5. The molecule has 3 atom stereocenters. The average Bonchev–Trinajstić information content (AvgIpc) is 2.75. The fraction of sp³-hybridized carbons (Fsp3) is 0.520. The third-order valence-electron chi connectivity index (χ3n) is 7.00. The molecule has 0 amide bonds. The summed E-state index contributed by atoms with van der Waals surface area (Å²) in [7, 11) is 1.73. The third kappa shape index (κ3) is 3.58. The van der Waals surface area contributed by atoms with E-state index in [4.69, 9.17) is 4.74 Å². The highest BCUT2D eigenvalue weighted by Gasteiger charge is 2.46. The number of nitrogens with zero attached hydrogens (tertiary/aromatic N) is 1. The Bertz CT molecular complexity index is 777. The maximum atomic E-state index is 10.5. The van der Waals surface area contributed by atoms with Gasteiger partial charge in [0.15, 0.2) is 0 Å². The number of hydrogen-bond donors (Lipinski definition) is 1. The lowest BCUT2D eigenvalue weighted by Gasteiger charge is -2.53. The SMILES string of the molecule is COc1cccc(C2C(C(CO)c3ccc(C(C)C)cc3)C3CCN2CC3)c1. The van der Waals surface area contributed by atoms with Gasteiger partial charge in [0.2, 0.25) is 0 Å². The van der Waals surface area contributed by atoms with Crippen molar-refractivity contribution in [3.63, 3.8) is 0 Å². The molecule has 28 heavy (non-hydrogen) atoms. The Kier molecular flexibility index (Phi) is 5.75. The van der Waals surface area contributed by atoms with Crippen LogP contribution in [0.2, 0.25) is 0 Å². The Morgan fingerprint density at radius 2 is 1.71 bits per heavy atom. The van der Waals surface area contributed by atoms with Crippen LogP contribution in [0.3, 0.4) is 0 Å². The standard InChI is InChI=1S/C25H33NO2/c1-17(2)18-7-9-19(10-8-18)23(16-27)24-20-11-13-26(14-12-20)25(24)21-5-4-6-22(15-21)28-3/h4-10,15,17,20,23-25,27H,11-14,16H2,1-3H3. The van der Waals surface area contributed by atoms with E-state index in [-0.39, 0.29) is 12.5 Å². The molecule has 3 heterocycles. The van der Waals surface area contributed by atoms with E-state index < -0.39 is 0 Å². The van der Waals surface area contributed by atoms with Crippen molar-refractivity contribution >= 4 is 0 Å². The van der Waals surface area contributed by atoms with Crippen LogP contribution in [0, 0.1) is 11.8 Å². The summed E-state index contributed by atoms with van der Waals surface area (Å²) < 4.78 is 5.50. The number of hydrogen-bond acceptors (Lipinski definition) is 3. The number of aliphatic hydroxyl groups excluding tert-OH is 1. The Labute approximate surface area is 169 Å². The zero-order valence-electron chi connectivity index (χ0n) is 17.3. The molecule has 3 unspecified atom stereocenters. The van der Waals surface area contributed by atoms with Crippen molar-refractivity contribution in [1.82, 2.24) is 4.90 Å². The summed E-state index contributed by atoms with van der Waals surface area (Å²) in [5.74, 6) is 2.72. The van der Waals surface area contributed by atoms with Gasteiger partial charge in [0.1, 0.15) is 5.75 Å². The first-order chi connectivity index (χ1) is 13.6. The first-order valence-electron chi connectivity index (χ1n) is 10.7. The summed E-state index contributed by atoms with van der Waals surface area (Å²) in [6.45, 7) is 6.98.